The summed E-state index contributed by atoms with van der Waals surface area (Å²) in [6, 6.07) is 13.8. The number of nitrogens with zero attached hydrogens (tertiary/aromatic N) is 4. The topological polar surface area (TPSA) is 72.7 Å². The Bertz CT molecular complexity index is 1140. The van der Waals surface area contributed by atoms with Gasteiger partial charge in [0, 0.05) is 24.4 Å². The fourth-order valence-electron chi connectivity index (χ4n) is 2.96. The van der Waals surface area contributed by atoms with Crippen LogP contribution in [0.4, 0.5) is 10.1 Å². The zero-order valence-electron chi connectivity index (χ0n) is 15.7. The van der Waals surface area contributed by atoms with Crippen LogP contribution < -0.4 is 5.32 Å². The predicted octanol–water partition coefficient (Wildman–Crippen LogP) is 3.85. The number of nitrogens with one attached hydrogen (secondary N) is 1. The highest BCUT2D eigenvalue weighted by atomic mass is 32.1. The van der Waals surface area contributed by atoms with E-state index < -0.39 is 0 Å². The maximum Gasteiger partial charge on any atom is 0.230 e. The number of anilines is 1. The lowest BCUT2D eigenvalue weighted by Gasteiger charge is -2.10. The van der Waals surface area contributed by atoms with Crippen molar-refractivity contribution in [2.24, 2.45) is 7.05 Å². The van der Waals surface area contributed by atoms with Crippen molar-refractivity contribution in [2.45, 2.75) is 12.8 Å². The summed E-state index contributed by atoms with van der Waals surface area (Å²) in [4.78, 5) is 17.1. The van der Waals surface area contributed by atoms with Gasteiger partial charge in [-0.25, -0.2) is 9.37 Å². The van der Waals surface area contributed by atoms with Crippen molar-refractivity contribution >= 4 is 22.9 Å². The molecule has 0 fully saturated rings. The number of carbonyl (C=O) groups excluding carboxylic acids is 1. The molecule has 1 N–H and O–H groups in total. The first-order valence-electron chi connectivity index (χ1n) is 8.99. The van der Waals surface area contributed by atoms with Gasteiger partial charge in [0.25, 0.3) is 0 Å². The molecule has 0 bridgehead atoms. The average Bonchev–Trinajstić information content (AvgIpc) is 3.33. The monoisotopic (exact) mass is 407 g/mol. The second kappa shape index (κ2) is 8.32. The van der Waals surface area contributed by atoms with Crippen LogP contribution in [-0.4, -0.2) is 25.7 Å². The van der Waals surface area contributed by atoms with Crippen LogP contribution in [0.25, 0.3) is 11.4 Å². The van der Waals surface area contributed by atoms with Gasteiger partial charge in [0.15, 0.2) is 5.82 Å². The van der Waals surface area contributed by atoms with Gasteiger partial charge < -0.3 is 9.88 Å². The molecule has 0 saturated heterocycles. The quantitative estimate of drug-likeness (QED) is 0.527. The Balaban J connectivity index is 1.43. The van der Waals surface area contributed by atoms with Gasteiger partial charge in [0.1, 0.15) is 12.1 Å². The first-order valence-corrected chi connectivity index (χ1v) is 9.87. The number of aryl methyl sites for hydroxylation is 1. The third-order valence-electron chi connectivity index (χ3n) is 4.36. The number of hydrogen-bond donors (Lipinski definition) is 1. The summed E-state index contributed by atoms with van der Waals surface area (Å²) in [5, 5.41) is 13.7. The van der Waals surface area contributed by atoms with Crippen LogP contribution in [0.15, 0.2) is 60.2 Å². The molecule has 2 heterocycles. The van der Waals surface area contributed by atoms with Crippen LogP contribution >= 0.6 is 11.3 Å². The van der Waals surface area contributed by atoms with E-state index in [1.165, 1.54) is 23.5 Å². The molecule has 0 unspecified atom stereocenters. The molecule has 2 aromatic carbocycles. The van der Waals surface area contributed by atoms with E-state index in [0.717, 1.165) is 16.1 Å². The van der Waals surface area contributed by atoms with E-state index in [-0.39, 0.29) is 18.1 Å². The summed E-state index contributed by atoms with van der Waals surface area (Å²) in [7, 11) is 1.85. The first kappa shape index (κ1) is 18.9. The molecule has 8 heteroatoms. The number of amides is 1. The smallest absolute Gasteiger partial charge is 0.230 e. The minimum atomic E-state index is -0.258. The highest BCUT2D eigenvalue weighted by Crippen LogP contribution is 2.25. The highest BCUT2D eigenvalue weighted by molar-refractivity contribution is 7.09. The molecular formula is C21H18FN5OS. The summed E-state index contributed by atoms with van der Waals surface area (Å²) < 4.78 is 14.8. The maximum atomic E-state index is 13.0. The molecular weight excluding hydrogens is 389 g/mol. The molecule has 0 aliphatic rings. The van der Waals surface area contributed by atoms with Crippen LogP contribution in [0, 0.1) is 5.82 Å². The SMILES string of the molecule is Cn1cnnc1-c1ccccc1NC(=O)Cc1csc(Cc2ccc(F)cc2)n1. The maximum absolute atomic E-state index is 13.0. The Morgan fingerprint density at radius 3 is 2.72 bits per heavy atom. The van der Waals surface area contributed by atoms with E-state index in [0.29, 0.717) is 23.6 Å². The van der Waals surface area contributed by atoms with E-state index in [2.05, 4.69) is 20.5 Å². The minimum Gasteiger partial charge on any atom is -0.325 e. The Kier molecular flexibility index (Phi) is 5.44. The van der Waals surface area contributed by atoms with Crippen molar-refractivity contribution in [1.29, 1.82) is 0 Å². The molecule has 1 amide bonds. The van der Waals surface area contributed by atoms with Gasteiger partial charge in [0.05, 0.1) is 22.8 Å². The van der Waals surface area contributed by atoms with E-state index in [1.807, 2.05) is 36.7 Å². The largest absolute Gasteiger partial charge is 0.325 e. The number of aromatic nitrogens is 4. The third-order valence-corrected chi connectivity index (χ3v) is 5.26. The lowest BCUT2D eigenvalue weighted by atomic mass is 10.1. The molecule has 4 aromatic rings. The molecule has 4 rings (SSSR count). The molecule has 0 aliphatic carbocycles. The molecule has 0 radical (unpaired) electrons. The number of benzene rings is 2. The van der Waals surface area contributed by atoms with Crippen LogP contribution in [0.1, 0.15) is 16.3 Å². The van der Waals surface area contributed by atoms with Gasteiger partial charge >= 0.3 is 0 Å². The molecule has 6 nitrogen and oxygen atoms in total. The molecule has 0 atom stereocenters. The van der Waals surface area contributed by atoms with Crippen LogP contribution in [0.3, 0.4) is 0 Å². The number of rotatable bonds is 6. The van der Waals surface area contributed by atoms with Crippen molar-refractivity contribution in [3.05, 3.63) is 82.3 Å². The molecule has 0 aliphatic heterocycles. The van der Waals surface area contributed by atoms with Crippen LogP contribution in [0.2, 0.25) is 0 Å². The fraction of sp³-hybridized carbons (Fsp3) is 0.143. The molecule has 0 spiro atoms. The Morgan fingerprint density at radius 1 is 1.17 bits per heavy atom. The number of carbonyl (C=O) groups is 1. The first-order chi connectivity index (χ1) is 14.1. The van der Waals surface area contributed by atoms with Gasteiger partial charge in [0.2, 0.25) is 5.91 Å². The number of para-hydroxylation sites is 1. The predicted molar refractivity (Wildman–Crippen MR) is 110 cm³/mol. The zero-order chi connectivity index (χ0) is 20.2. The molecule has 29 heavy (non-hydrogen) atoms. The van der Waals surface area contributed by atoms with Crippen molar-refractivity contribution in [3.8, 4) is 11.4 Å². The van der Waals surface area contributed by atoms with E-state index in [4.69, 9.17) is 0 Å². The lowest BCUT2D eigenvalue weighted by molar-refractivity contribution is -0.115. The van der Waals surface area contributed by atoms with Gasteiger partial charge in [-0.1, -0.05) is 24.3 Å². The summed E-state index contributed by atoms with van der Waals surface area (Å²) in [5.41, 5.74) is 3.17. The highest BCUT2D eigenvalue weighted by Gasteiger charge is 2.14. The van der Waals surface area contributed by atoms with E-state index >= 15 is 0 Å². The Morgan fingerprint density at radius 2 is 1.97 bits per heavy atom. The Hall–Kier alpha value is -3.39. The van der Waals surface area contributed by atoms with E-state index in [1.54, 1.807) is 23.0 Å². The van der Waals surface area contributed by atoms with Crippen molar-refractivity contribution < 1.29 is 9.18 Å². The third kappa shape index (κ3) is 4.55. The summed E-state index contributed by atoms with van der Waals surface area (Å²) in [5.74, 6) is 0.265. The second-order valence-electron chi connectivity index (χ2n) is 6.57. The van der Waals surface area contributed by atoms with Gasteiger partial charge in [-0.2, -0.15) is 0 Å². The molecule has 0 saturated carbocycles. The van der Waals surface area contributed by atoms with Crippen LogP contribution in [-0.2, 0) is 24.7 Å². The normalized spacial score (nSPS) is 10.8. The standard InChI is InChI=1S/C21H18FN5OS/c1-27-13-23-26-21(27)17-4-2-3-5-18(17)25-19(28)11-16-12-29-20(24-16)10-14-6-8-15(22)9-7-14/h2-9,12-13H,10-11H2,1H3,(H,25,28). The number of thiazole rings is 1. The Labute approximate surface area is 171 Å². The van der Waals surface area contributed by atoms with Crippen molar-refractivity contribution in [1.82, 2.24) is 19.7 Å². The molecule has 2 aromatic heterocycles. The fourth-order valence-corrected chi connectivity index (χ4v) is 3.79. The average molecular weight is 407 g/mol. The van der Waals surface area contributed by atoms with Gasteiger partial charge in [-0.05, 0) is 29.8 Å². The van der Waals surface area contributed by atoms with Gasteiger partial charge in [-0.3, -0.25) is 4.79 Å². The lowest BCUT2D eigenvalue weighted by Crippen LogP contribution is -2.15. The summed E-state index contributed by atoms with van der Waals surface area (Å²) in [6.45, 7) is 0. The zero-order valence-corrected chi connectivity index (χ0v) is 16.5. The minimum absolute atomic E-state index is 0.154. The van der Waals surface area contributed by atoms with Crippen molar-refractivity contribution in [3.63, 3.8) is 0 Å². The summed E-state index contributed by atoms with van der Waals surface area (Å²) in [6.07, 6.45) is 2.40. The van der Waals surface area contributed by atoms with Gasteiger partial charge in [-0.15, -0.1) is 21.5 Å². The molecule has 146 valence electrons. The number of halogens is 1. The number of hydrogen-bond acceptors (Lipinski definition) is 5. The van der Waals surface area contributed by atoms with E-state index in [9.17, 15) is 9.18 Å². The van der Waals surface area contributed by atoms with Crippen LogP contribution in [0.5, 0.6) is 0 Å². The van der Waals surface area contributed by atoms with Crippen molar-refractivity contribution in [2.75, 3.05) is 5.32 Å². The summed E-state index contributed by atoms with van der Waals surface area (Å²) >= 11 is 1.49. The second-order valence-corrected chi connectivity index (χ2v) is 7.51.